The summed E-state index contributed by atoms with van der Waals surface area (Å²) >= 11 is 3.45. The fourth-order valence-corrected chi connectivity index (χ4v) is 2.87. The van der Waals surface area contributed by atoms with Gasteiger partial charge < -0.3 is 15.0 Å². The summed E-state index contributed by atoms with van der Waals surface area (Å²) in [6.45, 7) is 1.98. The molecule has 3 rings (SSSR count). The van der Waals surface area contributed by atoms with E-state index >= 15 is 0 Å². The summed E-state index contributed by atoms with van der Waals surface area (Å²) in [6.07, 6.45) is 2.12. The van der Waals surface area contributed by atoms with Crippen LogP contribution in [0.5, 0.6) is 5.75 Å². The predicted octanol–water partition coefficient (Wildman–Crippen LogP) is 3.94. The van der Waals surface area contributed by atoms with Crippen molar-refractivity contribution in [2.24, 2.45) is 5.73 Å². The molecule has 0 aliphatic carbocycles. The molecule has 0 aliphatic rings. The standard InChI is InChI=1S/C17H17BrN2O/c18-14-4-3-5-15(10-14)21-9-8-20-12-13(11-19)16-6-1-2-7-17(16)20/h1-7,10,12H,8-9,11,19H2. The van der Waals surface area contributed by atoms with Crippen molar-refractivity contribution >= 4 is 26.8 Å². The summed E-state index contributed by atoms with van der Waals surface area (Å²) < 4.78 is 9.03. The van der Waals surface area contributed by atoms with E-state index in [9.17, 15) is 0 Å². The van der Waals surface area contributed by atoms with E-state index in [2.05, 4.69) is 38.8 Å². The number of benzene rings is 2. The van der Waals surface area contributed by atoms with Gasteiger partial charge in [-0.15, -0.1) is 0 Å². The van der Waals surface area contributed by atoms with Crippen molar-refractivity contribution in [3.05, 3.63) is 64.8 Å². The minimum absolute atomic E-state index is 0.556. The largest absolute Gasteiger partial charge is 0.492 e. The molecule has 2 aromatic carbocycles. The first-order valence-corrected chi connectivity index (χ1v) is 7.72. The molecule has 0 fully saturated rings. The highest BCUT2D eigenvalue weighted by Gasteiger charge is 2.06. The monoisotopic (exact) mass is 344 g/mol. The minimum atomic E-state index is 0.556. The Labute approximate surface area is 132 Å². The number of rotatable bonds is 5. The third-order valence-corrected chi connectivity index (χ3v) is 3.98. The molecule has 21 heavy (non-hydrogen) atoms. The molecule has 4 heteroatoms. The summed E-state index contributed by atoms with van der Waals surface area (Å²) in [5, 5.41) is 1.22. The second-order valence-corrected chi connectivity index (χ2v) is 5.79. The van der Waals surface area contributed by atoms with Crippen LogP contribution in [0.3, 0.4) is 0 Å². The average Bonchev–Trinajstić information content (AvgIpc) is 2.86. The molecule has 0 unspecified atom stereocenters. The summed E-state index contributed by atoms with van der Waals surface area (Å²) in [5.74, 6) is 0.875. The normalized spacial score (nSPS) is 11.0. The van der Waals surface area contributed by atoms with Crippen LogP contribution < -0.4 is 10.5 Å². The van der Waals surface area contributed by atoms with Gasteiger partial charge in [0.2, 0.25) is 0 Å². The number of nitrogens with zero attached hydrogens (tertiary/aromatic N) is 1. The lowest BCUT2D eigenvalue weighted by Gasteiger charge is -2.08. The summed E-state index contributed by atoms with van der Waals surface area (Å²) in [6, 6.07) is 16.2. The molecule has 0 amide bonds. The molecule has 3 aromatic rings. The zero-order chi connectivity index (χ0) is 14.7. The lowest BCUT2D eigenvalue weighted by molar-refractivity contribution is 0.300. The maximum absolute atomic E-state index is 5.82. The first kappa shape index (κ1) is 14.2. The number of fused-ring (bicyclic) bond motifs is 1. The van der Waals surface area contributed by atoms with Crippen molar-refractivity contribution in [3.8, 4) is 5.75 Å². The molecular formula is C17H17BrN2O. The van der Waals surface area contributed by atoms with E-state index < -0.39 is 0 Å². The number of halogens is 1. The molecule has 108 valence electrons. The van der Waals surface area contributed by atoms with Crippen LogP contribution in [-0.2, 0) is 13.1 Å². The molecule has 0 atom stereocenters. The van der Waals surface area contributed by atoms with Gasteiger partial charge in [-0.1, -0.05) is 40.2 Å². The number of ether oxygens (including phenoxy) is 1. The summed E-state index contributed by atoms with van der Waals surface area (Å²) in [4.78, 5) is 0. The molecule has 1 heterocycles. The van der Waals surface area contributed by atoms with Gasteiger partial charge in [0, 0.05) is 28.1 Å². The van der Waals surface area contributed by atoms with Gasteiger partial charge in [0.15, 0.2) is 0 Å². The van der Waals surface area contributed by atoms with Gasteiger partial charge in [-0.05, 0) is 29.8 Å². The molecule has 0 spiro atoms. The molecule has 2 N–H and O–H groups in total. The molecule has 0 bridgehead atoms. The van der Waals surface area contributed by atoms with E-state index in [4.69, 9.17) is 10.5 Å². The quantitative estimate of drug-likeness (QED) is 0.761. The first-order chi connectivity index (χ1) is 10.3. The van der Waals surface area contributed by atoms with Crippen LogP contribution in [0.25, 0.3) is 10.9 Å². The van der Waals surface area contributed by atoms with Crippen LogP contribution in [0.1, 0.15) is 5.56 Å². The summed E-state index contributed by atoms with van der Waals surface area (Å²) in [7, 11) is 0. The number of nitrogens with two attached hydrogens (primary N) is 1. The maximum Gasteiger partial charge on any atom is 0.120 e. The molecule has 0 saturated heterocycles. The van der Waals surface area contributed by atoms with E-state index in [1.807, 2.05) is 36.4 Å². The number of hydrogen-bond acceptors (Lipinski definition) is 2. The molecule has 0 radical (unpaired) electrons. The molecule has 3 nitrogen and oxygen atoms in total. The SMILES string of the molecule is NCc1cn(CCOc2cccc(Br)c2)c2ccccc12. The minimum Gasteiger partial charge on any atom is -0.492 e. The zero-order valence-corrected chi connectivity index (χ0v) is 13.2. The Morgan fingerprint density at radius 1 is 1.10 bits per heavy atom. The van der Waals surface area contributed by atoms with Gasteiger partial charge in [-0.3, -0.25) is 0 Å². The second-order valence-electron chi connectivity index (χ2n) is 4.87. The van der Waals surface area contributed by atoms with E-state index in [0.29, 0.717) is 13.2 Å². The Morgan fingerprint density at radius 3 is 2.76 bits per heavy atom. The van der Waals surface area contributed by atoms with Crippen LogP contribution in [0.4, 0.5) is 0 Å². The average molecular weight is 345 g/mol. The van der Waals surface area contributed by atoms with Gasteiger partial charge in [0.1, 0.15) is 12.4 Å². The van der Waals surface area contributed by atoms with Crippen LogP contribution in [0.15, 0.2) is 59.2 Å². The van der Waals surface area contributed by atoms with Crippen LogP contribution in [0.2, 0.25) is 0 Å². The van der Waals surface area contributed by atoms with Gasteiger partial charge in [0.05, 0.1) is 6.54 Å². The highest BCUT2D eigenvalue weighted by atomic mass is 79.9. The molecule has 0 aliphatic heterocycles. The number of aromatic nitrogens is 1. The molecule has 0 saturated carbocycles. The van der Waals surface area contributed by atoms with Gasteiger partial charge in [-0.25, -0.2) is 0 Å². The fourth-order valence-electron chi connectivity index (χ4n) is 2.49. The Bertz CT molecular complexity index is 751. The van der Waals surface area contributed by atoms with Gasteiger partial charge >= 0.3 is 0 Å². The van der Waals surface area contributed by atoms with E-state index in [1.54, 1.807) is 0 Å². The Morgan fingerprint density at radius 2 is 1.95 bits per heavy atom. The van der Waals surface area contributed by atoms with Crippen LogP contribution in [0, 0.1) is 0 Å². The smallest absolute Gasteiger partial charge is 0.120 e. The van der Waals surface area contributed by atoms with Crippen LogP contribution in [-0.4, -0.2) is 11.2 Å². The Kier molecular flexibility index (Phi) is 4.27. The zero-order valence-electron chi connectivity index (χ0n) is 11.6. The van der Waals surface area contributed by atoms with Crippen LogP contribution >= 0.6 is 15.9 Å². The van der Waals surface area contributed by atoms with E-state index in [0.717, 1.165) is 16.8 Å². The van der Waals surface area contributed by atoms with Gasteiger partial charge in [0.25, 0.3) is 0 Å². The topological polar surface area (TPSA) is 40.2 Å². The lowest BCUT2D eigenvalue weighted by Crippen LogP contribution is -2.07. The Balaban J connectivity index is 1.73. The second kappa shape index (κ2) is 6.33. The summed E-state index contributed by atoms with van der Waals surface area (Å²) in [5.41, 5.74) is 8.19. The fraction of sp³-hybridized carbons (Fsp3) is 0.176. The van der Waals surface area contributed by atoms with E-state index in [-0.39, 0.29) is 0 Å². The van der Waals surface area contributed by atoms with Gasteiger partial charge in [-0.2, -0.15) is 0 Å². The lowest BCUT2D eigenvalue weighted by atomic mass is 10.2. The van der Waals surface area contributed by atoms with Crippen molar-refractivity contribution in [3.63, 3.8) is 0 Å². The van der Waals surface area contributed by atoms with Crippen molar-refractivity contribution in [1.29, 1.82) is 0 Å². The first-order valence-electron chi connectivity index (χ1n) is 6.93. The van der Waals surface area contributed by atoms with E-state index in [1.165, 1.54) is 16.5 Å². The highest BCUT2D eigenvalue weighted by Crippen LogP contribution is 2.21. The third kappa shape index (κ3) is 3.12. The van der Waals surface area contributed by atoms with Crippen molar-refractivity contribution in [2.75, 3.05) is 6.61 Å². The number of hydrogen-bond donors (Lipinski definition) is 1. The third-order valence-electron chi connectivity index (χ3n) is 3.49. The maximum atomic E-state index is 5.82. The van der Waals surface area contributed by atoms with Crippen molar-refractivity contribution in [1.82, 2.24) is 4.57 Å². The van der Waals surface area contributed by atoms with Crippen molar-refractivity contribution < 1.29 is 4.74 Å². The number of para-hydroxylation sites is 1. The predicted molar refractivity (Wildman–Crippen MR) is 89.5 cm³/mol. The Hall–Kier alpha value is -1.78. The highest BCUT2D eigenvalue weighted by molar-refractivity contribution is 9.10. The molecule has 1 aromatic heterocycles. The van der Waals surface area contributed by atoms with Crippen molar-refractivity contribution in [2.45, 2.75) is 13.1 Å². The molecular weight excluding hydrogens is 328 g/mol.